The van der Waals surface area contributed by atoms with Gasteiger partial charge in [0.05, 0.1) is 5.52 Å². The summed E-state index contributed by atoms with van der Waals surface area (Å²) in [5.74, 6) is 0. The summed E-state index contributed by atoms with van der Waals surface area (Å²) in [6.07, 6.45) is 2.26. The number of anilines is 3. The molecule has 190 valence electrons. The molecule has 2 heteroatoms. The third kappa shape index (κ3) is 4.46. The fourth-order valence-electron chi connectivity index (χ4n) is 5.46. The highest BCUT2D eigenvalue weighted by Crippen LogP contribution is 2.38. The van der Waals surface area contributed by atoms with E-state index in [0.29, 0.717) is 0 Å². The van der Waals surface area contributed by atoms with Crippen molar-refractivity contribution in [1.29, 1.82) is 0 Å². The van der Waals surface area contributed by atoms with Crippen LogP contribution in [0.3, 0.4) is 0 Å². The zero-order chi connectivity index (χ0) is 26.7. The van der Waals surface area contributed by atoms with Crippen LogP contribution in [-0.2, 0) is 0 Å². The van der Waals surface area contributed by atoms with Crippen LogP contribution in [0.25, 0.3) is 38.8 Å². The van der Waals surface area contributed by atoms with E-state index in [9.17, 15) is 0 Å². The molecule has 0 fully saturated rings. The van der Waals surface area contributed by atoms with Crippen molar-refractivity contribution in [3.05, 3.63) is 170 Å². The lowest BCUT2D eigenvalue weighted by atomic mass is 9.99. The van der Waals surface area contributed by atoms with Crippen LogP contribution < -0.4 is 4.90 Å². The molecule has 1 heterocycles. The van der Waals surface area contributed by atoms with E-state index >= 15 is 0 Å². The monoisotopic (exact) mass is 512 g/mol. The number of fused-ring (bicyclic) bond motifs is 1. The van der Waals surface area contributed by atoms with Crippen LogP contribution >= 0.6 is 0 Å². The molecule has 0 amide bonds. The van der Waals surface area contributed by atoms with E-state index in [0.717, 1.165) is 22.7 Å². The molecule has 0 saturated heterocycles. The Kier molecular flexibility index (Phi) is 6.20. The second-order valence-corrected chi connectivity index (χ2v) is 9.90. The minimum absolute atomic E-state index is 1.13. The maximum Gasteiger partial charge on any atom is 0.0535 e. The fraction of sp³-hybridized carbons (Fsp3) is 0. The van der Waals surface area contributed by atoms with Gasteiger partial charge in [0.1, 0.15) is 0 Å². The first-order valence-corrected chi connectivity index (χ1v) is 13.6. The molecule has 1 aromatic heterocycles. The number of nitrogens with zero attached hydrogens (tertiary/aromatic N) is 2. The van der Waals surface area contributed by atoms with E-state index < -0.39 is 0 Å². The molecule has 0 aliphatic heterocycles. The van der Waals surface area contributed by atoms with Crippen molar-refractivity contribution < 1.29 is 0 Å². The van der Waals surface area contributed by atoms with Gasteiger partial charge in [-0.2, -0.15) is 0 Å². The number of aromatic nitrogens is 1. The summed E-state index contributed by atoms with van der Waals surface area (Å²) < 4.78 is 2.29. The fourth-order valence-corrected chi connectivity index (χ4v) is 5.46. The van der Waals surface area contributed by atoms with Gasteiger partial charge >= 0.3 is 0 Å². The Hall–Kier alpha value is -5.34. The molecule has 0 radical (unpaired) electrons. The Balaban J connectivity index is 1.32. The van der Waals surface area contributed by atoms with Crippen molar-refractivity contribution >= 4 is 28.0 Å². The highest BCUT2D eigenvalue weighted by Gasteiger charge is 2.15. The number of hydrogen-bond acceptors (Lipinski definition) is 1. The molecule has 0 saturated carbocycles. The maximum atomic E-state index is 2.33. The number of hydrogen-bond donors (Lipinski definition) is 0. The summed E-state index contributed by atoms with van der Waals surface area (Å²) in [5, 5.41) is 1.24. The van der Waals surface area contributed by atoms with E-state index in [-0.39, 0.29) is 0 Å². The van der Waals surface area contributed by atoms with Gasteiger partial charge in [-0.15, -0.1) is 0 Å². The summed E-state index contributed by atoms with van der Waals surface area (Å²) in [7, 11) is 0. The first-order valence-electron chi connectivity index (χ1n) is 13.6. The predicted molar refractivity (Wildman–Crippen MR) is 169 cm³/mol. The van der Waals surface area contributed by atoms with E-state index in [1.807, 2.05) is 0 Å². The quantitative estimate of drug-likeness (QED) is 0.215. The average molecular weight is 513 g/mol. The van der Waals surface area contributed by atoms with E-state index in [2.05, 4.69) is 179 Å². The summed E-state index contributed by atoms with van der Waals surface area (Å²) in [6.45, 7) is 0. The smallest absolute Gasteiger partial charge is 0.0535 e. The van der Waals surface area contributed by atoms with E-state index in [1.54, 1.807) is 0 Å². The van der Waals surface area contributed by atoms with Crippen molar-refractivity contribution in [2.24, 2.45) is 0 Å². The summed E-state index contributed by atoms with van der Waals surface area (Å²) in [5.41, 5.74) is 10.6. The van der Waals surface area contributed by atoms with Crippen LogP contribution in [0.15, 0.2) is 170 Å². The molecular formula is C38H28N2. The van der Waals surface area contributed by atoms with Crippen molar-refractivity contribution in [1.82, 2.24) is 4.57 Å². The van der Waals surface area contributed by atoms with Gasteiger partial charge < -0.3 is 9.47 Å². The van der Waals surface area contributed by atoms with Gasteiger partial charge in [0.2, 0.25) is 0 Å². The molecule has 40 heavy (non-hydrogen) atoms. The molecule has 0 aliphatic carbocycles. The largest absolute Gasteiger partial charge is 0.316 e. The standard InChI is InChI=1S/C38H28N2/c1-5-13-30(14-6-1)37-28-39(32-15-7-2-8-16-32)38-26-23-31(27-36(37)38)29-21-24-35(25-22-29)40(33-17-9-3-10-18-33)34-19-11-4-12-20-34/h1-28H. The topological polar surface area (TPSA) is 8.17 Å². The van der Waals surface area contributed by atoms with E-state index in [4.69, 9.17) is 0 Å². The third-order valence-electron chi connectivity index (χ3n) is 7.41. The van der Waals surface area contributed by atoms with Gasteiger partial charge in [-0.25, -0.2) is 0 Å². The molecule has 2 nitrogen and oxygen atoms in total. The van der Waals surface area contributed by atoms with Crippen molar-refractivity contribution in [3.63, 3.8) is 0 Å². The molecule has 7 rings (SSSR count). The van der Waals surface area contributed by atoms with Crippen molar-refractivity contribution in [3.8, 4) is 27.9 Å². The van der Waals surface area contributed by atoms with Gasteiger partial charge in [-0.1, -0.05) is 103 Å². The molecule has 7 aromatic rings. The second-order valence-electron chi connectivity index (χ2n) is 9.90. The Morgan fingerprint density at radius 3 is 1.50 bits per heavy atom. The summed E-state index contributed by atoms with van der Waals surface area (Å²) in [4.78, 5) is 2.29. The molecule has 0 spiro atoms. The minimum Gasteiger partial charge on any atom is -0.316 e. The second kappa shape index (κ2) is 10.4. The molecule has 0 atom stereocenters. The van der Waals surface area contributed by atoms with Gasteiger partial charge in [-0.05, 0) is 77.4 Å². The zero-order valence-electron chi connectivity index (χ0n) is 22.1. The highest BCUT2D eigenvalue weighted by molar-refractivity contribution is 5.99. The number of rotatable bonds is 6. The van der Waals surface area contributed by atoms with Gasteiger partial charge in [0, 0.05) is 39.9 Å². The van der Waals surface area contributed by atoms with Crippen molar-refractivity contribution in [2.45, 2.75) is 0 Å². The molecule has 0 unspecified atom stereocenters. The molecule has 6 aromatic carbocycles. The van der Waals surface area contributed by atoms with Crippen LogP contribution in [0, 0.1) is 0 Å². The molecule has 0 aliphatic rings. The SMILES string of the molecule is c1ccc(-c2cn(-c3ccccc3)c3ccc(-c4ccc(N(c5ccccc5)c5ccccc5)cc4)cc23)cc1. The Morgan fingerprint density at radius 1 is 0.400 bits per heavy atom. The third-order valence-corrected chi connectivity index (χ3v) is 7.41. The van der Waals surface area contributed by atoms with Crippen molar-refractivity contribution in [2.75, 3.05) is 4.90 Å². The van der Waals surface area contributed by atoms with Crippen LogP contribution in [0.1, 0.15) is 0 Å². The highest BCUT2D eigenvalue weighted by atomic mass is 15.1. The van der Waals surface area contributed by atoms with Gasteiger partial charge in [-0.3, -0.25) is 0 Å². The molecule has 0 N–H and O–H groups in total. The zero-order valence-corrected chi connectivity index (χ0v) is 22.1. The minimum atomic E-state index is 1.13. The number of benzene rings is 6. The lowest BCUT2D eigenvalue weighted by Crippen LogP contribution is -2.09. The maximum absolute atomic E-state index is 2.33. The predicted octanol–water partition coefficient (Wildman–Crippen LogP) is 10.4. The molecule has 0 bridgehead atoms. The lowest BCUT2D eigenvalue weighted by molar-refractivity contribution is 1.13. The molecular weight excluding hydrogens is 484 g/mol. The lowest BCUT2D eigenvalue weighted by Gasteiger charge is -2.25. The summed E-state index contributed by atoms with van der Waals surface area (Å²) in [6, 6.07) is 58.0. The first-order chi connectivity index (χ1) is 19.8. The van der Waals surface area contributed by atoms with Gasteiger partial charge in [0.15, 0.2) is 0 Å². The average Bonchev–Trinajstić information content (AvgIpc) is 3.42. The number of para-hydroxylation sites is 3. The van der Waals surface area contributed by atoms with Gasteiger partial charge in [0.25, 0.3) is 0 Å². The van der Waals surface area contributed by atoms with Crippen LogP contribution in [0.2, 0.25) is 0 Å². The Morgan fingerprint density at radius 2 is 0.900 bits per heavy atom. The first kappa shape index (κ1) is 23.8. The van der Waals surface area contributed by atoms with E-state index in [1.165, 1.54) is 33.2 Å². The Bertz CT molecular complexity index is 1820. The summed E-state index contributed by atoms with van der Waals surface area (Å²) >= 11 is 0. The van der Waals surface area contributed by atoms with Crippen LogP contribution in [0.5, 0.6) is 0 Å². The Labute approximate surface area is 235 Å². The normalized spacial score (nSPS) is 11.0. The van der Waals surface area contributed by atoms with Crippen LogP contribution in [0.4, 0.5) is 17.1 Å². The van der Waals surface area contributed by atoms with Crippen LogP contribution in [-0.4, -0.2) is 4.57 Å².